The smallest absolute Gasteiger partial charge is 0.308 e. The van der Waals surface area contributed by atoms with Crippen molar-refractivity contribution >= 4 is 39.5 Å². The van der Waals surface area contributed by atoms with E-state index in [1.54, 1.807) is 0 Å². The Hall–Kier alpha value is -2.09. The SMILES string of the molecule is COC(=O)C1CCC2(CC1)N=C(N)N=C(N)N2c1cccc(Br)c1. The lowest BCUT2D eigenvalue weighted by Gasteiger charge is -2.46. The van der Waals surface area contributed by atoms with Crippen LogP contribution >= 0.6 is 15.9 Å². The van der Waals surface area contributed by atoms with Crippen molar-refractivity contribution in [2.75, 3.05) is 12.0 Å². The third kappa shape index (κ3) is 2.98. The number of benzene rings is 1. The number of hydrogen-bond acceptors (Lipinski definition) is 7. The van der Waals surface area contributed by atoms with Crippen molar-refractivity contribution in [3.63, 3.8) is 0 Å². The Morgan fingerprint density at radius 1 is 1.38 bits per heavy atom. The molecule has 0 radical (unpaired) electrons. The van der Waals surface area contributed by atoms with Crippen LogP contribution < -0.4 is 16.4 Å². The molecule has 1 aromatic carbocycles. The van der Waals surface area contributed by atoms with E-state index < -0.39 is 5.66 Å². The Bertz CT molecular complexity index is 710. The number of anilines is 1. The molecule has 1 spiro atoms. The molecule has 0 amide bonds. The fraction of sp³-hybridized carbons (Fsp3) is 0.438. The number of aliphatic imine (C=N–C) groups is 2. The lowest BCUT2D eigenvalue weighted by molar-refractivity contribution is -0.146. The first-order chi connectivity index (χ1) is 11.4. The van der Waals surface area contributed by atoms with Crippen molar-refractivity contribution in [1.29, 1.82) is 0 Å². The molecule has 7 nitrogen and oxygen atoms in total. The molecule has 2 aliphatic rings. The zero-order valence-corrected chi connectivity index (χ0v) is 15.0. The minimum atomic E-state index is -0.610. The average molecular weight is 394 g/mol. The number of methoxy groups -OCH3 is 1. The minimum Gasteiger partial charge on any atom is -0.469 e. The number of guanidine groups is 2. The standard InChI is InChI=1S/C16H20BrN5O2/c1-24-13(23)10-5-7-16(8-6-10)21-14(18)20-15(19)22(16)12-4-2-3-11(17)9-12/h2-4,9-10H,5-8H2,1H3,(H4,18,19,20,21). The predicted octanol–water partition coefficient (Wildman–Crippen LogP) is 1.96. The van der Waals surface area contributed by atoms with E-state index in [0.717, 1.165) is 10.2 Å². The van der Waals surface area contributed by atoms with Gasteiger partial charge >= 0.3 is 5.97 Å². The van der Waals surface area contributed by atoms with Crippen LogP contribution in [0.3, 0.4) is 0 Å². The molecule has 8 heteroatoms. The Morgan fingerprint density at radius 2 is 2.08 bits per heavy atom. The van der Waals surface area contributed by atoms with Crippen molar-refractivity contribution in [3.05, 3.63) is 28.7 Å². The molecule has 128 valence electrons. The summed E-state index contributed by atoms with van der Waals surface area (Å²) in [5.41, 5.74) is 12.3. The highest BCUT2D eigenvalue weighted by Crippen LogP contribution is 2.42. The van der Waals surface area contributed by atoms with E-state index in [0.29, 0.717) is 31.6 Å². The quantitative estimate of drug-likeness (QED) is 0.746. The molecule has 0 aromatic heterocycles. The predicted molar refractivity (Wildman–Crippen MR) is 96.6 cm³/mol. The summed E-state index contributed by atoms with van der Waals surface area (Å²) in [4.78, 5) is 22.5. The van der Waals surface area contributed by atoms with Crippen LogP contribution in [0.25, 0.3) is 0 Å². The van der Waals surface area contributed by atoms with Gasteiger partial charge in [0.05, 0.1) is 13.0 Å². The number of ether oxygens (including phenoxy) is 1. The highest BCUT2D eigenvalue weighted by atomic mass is 79.9. The van der Waals surface area contributed by atoms with Gasteiger partial charge in [-0.3, -0.25) is 9.69 Å². The second-order valence-electron chi connectivity index (χ2n) is 6.04. The molecule has 1 fully saturated rings. The fourth-order valence-electron chi connectivity index (χ4n) is 3.47. The average Bonchev–Trinajstić information content (AvgIpc) is 2.54. The van der Waals surface area contributed by atoms with Gasteiger partial charge in [-0.15, -0.1) is 0 Å². The number of hydrogen-bond donors (Lipinski definition) is 2. The van der Waals surface area contributed by atoms with Crippen molar-refractivity contribution in [2.45, 2.75) is 31.3 Å². The molecule has 0 saturated heterocycles. The number of carbonyl (C=O) groups excluding carboxylic acids is 1. The zero-order valence-electron chi connectivity index (χ0n) is 13.4. The van der Waals surface area contributed by atoms with Gasteiger partial charge < -0.3 is 16.2 Å². The van der Waals surface area contributed by atoms with Gasteiger partial charge in [0.25, 0.3) is 0 Å². The maximum absolute atomic E-state index is 11.8. The summed E-state index contributed by atoms with van der Waals surface area (Å²) in [5.74, 6) is 0.210. The van der Waals surface area contributed by atoms with Crippen molar-refractivity contribution in [2.24, 2.45) is 27.4 Å². The molecule has 24 heavy (non-hydrogen) atoms. The molecular formula is C16H20BrN5O2. The number of rotatable bonds is 2. The van der Waals surface area contributed by atoms with Gasteiger partial charge in [0.1, 0.15) is 5.66 Å². The van der Waals surface area contributed by atoms with E-state index in [4.69, 9.17) is 16.2 Å². The molecule has 1 aliphatic carbocycles. The summed E-state index contributed by atoms with van der Waals surface area (Å²) in [7, 11) is 1.42. The highest BCUT2D eigenvalue weighted by molar-refractivity contribution is 9.10. The summed E-state index contributed by atoms with van der Waals surface area (Å²) < 4.78 is 5.81. The lowest BCUT2D eigenvalue weighted by Crippen LogP contribution is -2.59. The van der Waals surface area contributed by atoms with Crippen molar-refractivity contribution < 1.29 is 9.53 Å². The molecule has 0 atom stereocenters. The molecule has 1 aromatic rings. The van der Waals surface area contributed by atoms with E-state index in [9.17, 15) is 4.79 Å². The van der Waals surface area contributed by atoms with Crippen molar-refractivity contribution in [1.82, 2.24) is 0 Å². The Balaban J connectivity index is 1.95. The van der Waals surface area contributed by atoms with Gasteiger partial charge in [-0.25, -0.2) is 4.99 Å². The van der Waals surface area contributed by atoms with E-state index in [1.165, 1.54) is 7.11 Å². The highest BCUT2D eigenvalue weighted by Gasteiger charge is 2.45. The van der Waals surface area contributed by atoms with Gasteiger partial charge in [-0.1, -0.05) is 22.0 Å². The Morgan fingerprint density at radius 3 is 2.71 bits per heavy atom. The van der Waals surface area contributed by atoms with Crippen LogP contribution in [-0.4, -0.2) is 30.7 Å². The molecule has 0 bridgehead atoms. The van der Waals surface area contributed by atoms with Crippen LogP contribution in [0.5, 0.6) is 0 Å². The van der Waals surface area contributed by atoms with E-state index in [2.05, 4.69) is 25.9 Å². The molecule has 3 rings (SSSR count). The molecule has 4 N–H and O–H groups in total. The largest absolute Gasteiger partial charge is 0.469 e. The van der Waals surface area contributed by atoms with E-state index >= 15 is 0 Å². The monoisotopic (exact) mass is 393 g/mol. The third-order valence-electron chi connectivity index (χ3n) is 4.58. The molecule has 0 unspecified atom stereocenters. The normalized spacial score (nSPS) is 26.8. The maximum Gasteiger partial charge on any atom is 0.308 e. The van der Waals surface area contributed by atoms with Gasteiger partial charge in [0, 0.05) is 10.2 Å². The first kappa shape index (κ1) is 16.8. The van der Waals surface area contributed by atoms with E-state index in [1.807, 2.05) is 29.2 Å². The first-order valence-corrected chi connectivity index (χ1v) is 8.57. The Labute approximate surface area is 148 Å². The first-order valence-electron chi connectivity index (χ1n) is 7.78. The summed E-state index contributed by atoms with van der Waals surface area (Å²) in [6.45, 7) is 0. The number of nitrogens with zero attached hydrogens (tertiary/aromatic N) is 3. The van der Waals surface area contributed by atoms with Crippen LogP contribution in [0, 0.1) is 5.92 Å². The fourth-order valence-corrected chi connectivity index (χ4v) is 3.86. The minimum absolute atomic E-state index is 0.110. The van der Waals surface area contributed by atoms with Gasteiger partial charge in [0.2, 0.25) is 11.9 Å². The summed E-state index contributed by atoms with van der Waals surface area (Å²) in [5, 5.41) is 0. The van der Waals surface area contributed by atoms with Gasteiger partial charge in [0.15, 0.2) is 0 Å². The molecule has 1 aliphatic heterocycles. The third-order valence-corrected chi connectivity index (χ3v) is 5.08. The molecule has 1 saturated carbocycles. The summed E-state index contributed by atoms with van der Waals surface area (Å²) >= 11 is 3.48. The second-order valence-corrected chi connectivity index (χ2v) is 6.95. The zero-order chi connectivity index (χ0) is 17.3. The number of esters is 1. The second kappa shape index (κ2) is 6.43. The number of nitrogens with two attached hydrogens (primary N) is 2. The molecular weight excluding hydrogens is 374 g/mol. The van der Waals surface area contributed by atoms with Crippen LogP contribution in [-0.2, 0) is 9.53 Å². The lowest BCUT2D eigenvalue weighted by atomic mass is 9.80. The van der Waals surface area contributed by atoms with Crippen molar-refractivity contribution in [3.8, 4) is 0 Å². The van der Waals surface area contributed by atoms with Crippen LogP contribution in [0.15, 0.2) is 38.7 Å². The maximum atomic E-state index is 11.8. The van der Waals surface area contributed by atoms with E-state index in [-0.39, 0.29) is 17.8 Å². The number of halogens is 1. The number of carbonyl (C=O) groups is 1. The van der Waals surface area contributed by atoms with Crippen LogP contribution in [0.4, 0.5) is 5.69 Å². The van der Waals surface area contributed by atoms with Crippen LogP contribution in [0.2, 0.25) is 0 Å². The summed E-state index contributed by atoms with van der Waals surface area (Å²) in [6.07, 6.45) is 2.63. The topological polar surface area (TPSA) is 106 Å². The molecule has 1 heterocycles. The van der Waals surface area contributed by atoms with Gasteiger partial charge in [-0.2, -0.15) is 4.99 Å². The Kier molecular flexibility index (Phi) is 4.49. The van der Waals surface area contributed by atoms with Gasteiger partial charge in [-0.05, 0) is 43.9 Å². The van der Waals surface area contributed by atoms with Crippen LogP contribution in [0.1, 0.15) is 25.7 Å². The summed E-state index contributed by atoms with van der Waals surface area (Å²) in [6, 6.07) is 7.80.